The van der Waals surface area contributed by atoms with Crippen molar-refractivity contribution in [3.8, 4) is 0 Å². The molecular formula is C24H33N3O2. The Labute approximate surface area is 174 Å². The van der Waals surface area contributed by atoms with Gasteiger partial charge in [-0.05, 0) is 43.4 Å². The third-order valence-electron chi connectivity index (χ3n) is 5.09. The second kappa shape index (κ2) is 11.6. The van der Waals surface area contributed by atoms with Crippen molar-refractivity contribution < 1.29 is 9.47 Å². The molecule has 0 aromatic heterocycles. The summed E-state index contributed by atoms with van der Waals surface area (Å²) >= 11 is 0. The van der Waals surface area contributed by atoms with Crippen molar-refractivity contribution in [2.75, 3.05) is 19.8 Å². The van der Waals surface area contributed by atoms with Crippen LogP contribution in [0.3, 0.4) is 0 Å². The molecule has 5 nitrogen and oxygen atoms in total. The van der Waals surface area contributed by atoms with Gasteiger partial charge in [0.25, 0.3) is 0 Å². The summed E-state index contributed by atoms with van der Waals surface area (Å²) < 4.78 is 11.4. The van der Waals surface area contributed by atoms with Gasteiger partial charge in [-0.1, -0.05) is 54.6 Å². The van der Waals surface area contributed by atoms with E-state index in [1.807, 2.05) is 6.07 Å². The predicted octanol–water partition coefficient (Wildman–Crippen LogP) is 4.20. The number of hydrogen-bond acceptors (Lipinski definition) is 3. The third-order valence-corrected chi connectivity index (χ3v) is 5.09. The molecule has 2 aromatic carbocycles. The number of benzene rings is 2. The molecule has 0 amide bonds. The van der Waals surface area contributed by atoms with E-state index in [0.717, 1.165) is 38.6 Å². The first-order valence-corrected chi connectivity index (χ1v) is 10.6. The van der Waals surface area contributed by atoms with Crippen molar-refractivity contribution >= 4 is 5.96 Å². The number of aliphatic imine (C=N–C) groups is 1. The summed E-state index contributed by atoms with van der Waals surface area (Å²) in [6.45, 7) is 7.98. The first-order valence-electron chi connectivity index (χ1n) is 10.6. The normalized spacial score (nSPS) is 16.4. The van der Waals surface area contributed by atoms with E-state index in [0.29, 0.717) is 19.3 Å². The lowest BCUT2D eigenvalue weighted by Crippen LogP contribution is -2.38. The zero-order chi connectivity index (χ0) is 20.3. The molecule has 1 saturated heterocycles. The molecule has 0 spiro atoms. The molecule has 1 aliphatic heterocycles. The molecule has 1 unspecified atom stereocenters. The summed E-state index contributed by atoms with van der Waals surface area (Å²) in [5.74, 6) is 0.829. The van der Waals surface area contributed by atoms with Gasteiger partial charge in [0.1, 0.15) is 0 Å². The molecule has 1 fully saturated rings. The van der Waals surface area contributed by atoms with Crippen molar-refractivity contribution in [1.29, 1.82) is 0 Å². The molecule has 1 aliphatic rings. The summed E-state index contributed by atoms with van der Waals surface area (Å²) in [5, 5.41) is 6.81. The van der Waals surface area contributed by atoms with Crippen LogP contribution in [-0.4, -0.2) is 31.8 Å². The van der Waals surface area contributed by atoms with E-state index in [9.17, 15) is 0 Å². The molecule has 0 bridgehead atoms. The quantitative estimate of drug-likeness (QED) is 0.520. The van der Waals surface area contributed by atoms with E-state index in [4.69, 9.17) is 14.5 Å². The smallest absolute Gasteiger partial charge is 0.192 e. The van der Waals surface area contributed by atoms with E-state index in [1.54, 1.807) is 0 Å². The summed E-state index contributed by atoms with van der Waals surface area (Å²) in [6, 6.07) is 19.1. The maximum absolute atomic E-state index is 6.00. The van der Waals surface area contributed by atoms with Crippen LogP contribution >= 0.6 is 0 Å². The summed E-state index contributed by atoms with van der Waals surface area (Å²) in [4.78, 5) is 4.75. The van der Waals surface area contributed by atoms with Crippen LogP contribution in [0.1, 0.15) is 49.4 Å². The van der Waals surface area contributed by atoms with Gasteiger partial charge in [0.15, 0.2) is 5.96 Å². The van der Waals surface area contributed by atoms with Crippen LogP contribution in [0.15, 0.2) is 59.6 Å². The first-order chi connectivity index (χ1) is 14.2. The van der Waals surface area contributed by atoms with E-state index >= 15 is 0 Å². The van der Waals surface area contributed by atoms with Gasteiger partial charge in [0.05, 0.1) is 25.3 Å². The number of nitrogens with zero attached hydrogens (tertiary/aromatic N) is 1. The summed E-state index contributed by atoms with van der Waals surface area (Å²) in [7, 11) is 0. The Morgan fingerprint density at radius 3 is 2.45 bits per heavy atom. The first kappa shape index (κ1) is 21.3. The average Bonchev–Trinajstić information content (AvgIpc) is 2.78. The van der Waals surface area contributed by atoms with Gasteiger partial charge >= 0.3 is 0 Å². The molecule has 29 heavy (non-hydrogen) atoms. The highest BCUT2D eigenvalue weighted by atomic mass is 16.5. The minimum atomic E-state index is 0.193. The second-order valence-electron chi connectivity index (χ2n) is 7.41. The zero-order valence-electron chi connectivity index (χ0n) is 17.6. The van der Waals surface area contributed by atoms with Crippen LogP contribution in [0, 0.1) is 0 Å². The molecule has 1 heterocycles. The molecule has 156 valence electrons. The monoisotopic (exact) mass is 395 g/mol. The molecule has 5 heteroatoms. The summed E-state index contributed by atoms with van der Waals surface area (Å²) in [5.41, 5.74) is 3.63. The lowest BCUT2D eigenvalue weighted by atomic mass is 10.1. The maximum atomic E-state index is 6.00. The maximum Gasteiger partial charge on any atom is 0.192 e. The molecule has 0 saturated carbocycles. The van der Waals surface area contributed by atoms with Gasteiger partial charge in [-0.15, -0.1) is 0 Å². The van der Waals surface area contributed by atoms with E-state index in [-0.39, 0.29) is 6.04 Å². The van der Waals surface area contributed by atoms with E-state index in [1.165, 1.54) is 16.7 Å². The Kier molecular flexibility index (Phi) is 8.53. The molecule has 2 aromatic rings. The highest BCUT2D eigenvalue weighted by Gasteiger charge is 2.14. The van der Waals surface area contributed by atoms with Gasteiger partial charge in [-0.25, -0.2) is 4.99 Å². The number of nitrogens with one attached hydrogen (secondary N) is 2. The lowest BCUT2D eigenvalue weighted by molar-refractivity contribution is -0.0390. The third kappa shape index (κ3) is 7.18. The number of rotatable bonds is 8. The number of guanidine groups is 1. The number of ether oxygens (including phenoxy) is 2. The Morgan fingerprint density at radius 2 is 1.76 bits per heavy atom. The molecule has 0 aliphatic carbocycles. The van der Waals surface area contributed by atoms with Gasteiger partial charge in [-0.2, -0.15) is 0 Å². The minimum Gasteiger partial charge on any atom is -0.381 e. The fourth-order valence-corrected chi connectivity index (χ4v) is 3.32. The average molecular weight is 396 g/mol. The standard InChI is InChI=1S/C24H33N3O2/c1-3-25-24(27-19(2)22-7-5-4-6-8-22)26-17-20-9-11-21(12-10-20)18-29-23-13-15-28-16-14-23/h4-12,19,23H,3,13-18H2,1-2H3,(H2,25,26,27). The zero-order valence-corrected chi connectivity index (χ0v) is 17.6. The van der Waals surface area contributed by atoms with Gasteiger partial charge < -0.3 is 20.1 Å². The van der Waals surface area contributed by atoms with Crippen molar-refractivity contribution in [2.24, 2.45) is 4.99 Å². The largest absolute Gasteiger partial charge is 0.381 e. The Hall–Kier alpha value is -2.37. The van der Waals surface area contributed by atoms with Crippen LogP contribution < -0.4 is 10.6 Å². The van der Waals surface area contributed by atoms with Crippen molar-refractivity contribution in [3.63, 3.8) is 0 Å². The Balaban J connectivity index is 1.51. The van der Waals surface area contributed by atoms with Crippen molar-refractivity contribution in [2.45, 2.75) is 52.0 Å². The fourth-order valence-electron chi connectivity index (χ4n) is 3.32. The SMILES string of the molecule is CCNC(=NCc1ccc(COC2CCOCC2)cc1)NC(C)c1ccccc1. The Bertz CT molecular complexity index is 740. The van der Waals surface area contributed by atoms with Gasteiger partial charge in [-0.3, -0.25) is 0 Å². The molecule has 0 radical (unpaired) electrons. The lowest BCUT2D eigenvalue weighted by Gasteiger charge is -2.22. The van der Waals surface area contributed by atoms with E-state index in [2.05, 4.69) is 73.0 Å². The Morgan fingerprint density at radius 1 is 1.07 bits per heavy atom. The molecule has 2 N–H and O–H groups in total. The number of hydrogen-bond donors (Lipinski definition) is 2. The van der Waals surface area contributed by atoms with Crippen LogP contribution in [-0.2, 0) is 22.6 Å². The van der Waals surface area contributed by atoms with Gasteiger partial charge in [0.2, 0.25) is 0 Å². The molecular weight excluding hydrogens is 362 g/mol. The molecule has 1 atom stereocenters. The molecule has 3 rings (SSSR count). The predicted molar refractivity (Wildman–Crippen MR) is 118 cm³/mol. The van der Waals surface area contributed by atoms with E-state index < -0.39 is 0 Å². The van der Waals surface area contributed by atoms with Crippen LogP contribution in [0.25, 0.3) is 0 Å². The van der Waals surface area contributed by atoms with Crippen LogP contribution in [0.2, 0.25) is 0 Å². The fraction of sp³-hybridized carbons (Fsp3) is 0.458. The van der Waals surface area contributed by atoms with Crippen molar-refractivity contribution in [3.05, 3.63) is 71.3 Å². The van der Waals surface area contributed by atoms with Crippen LogP contribution in [0.4, 0.5) is 0 Å². The van der Waals surface area contributed by atoms with Crippen LogP contribution in [0.5, 0.6) is 0 Å². The minimum absolute atomic E-state index is 0.193. The second-order valence-corrected chi connectivity index (χ2v) is 7.41. The highest BCUT2D eigenvalue weighted by Crippen LogP contribution is 2.14. The van der Waals surface area contributed by atoms with Gasteiger partial charge in [0, 0.05) is 19.8 Å². The summed E-state index contributed by atoms with van der Waals surface area (Å²) in [6.07, 6.45) is 2.32. The van der Waals surface area contributed by atoms with Crippen molar-refractivity contribution in [1.82, 2.24) is 10.6 Å². The highest BCUT2D eigenvalue weighted by molar-refractivity contribution is 5.80. The topological polar surface area (TPSA) is 54.9 Å².